The third-order valence-corrected chi connectivity index (χ3v) is 3.46. The van der Waals surface area contributed by atoms with Gasteiger partial charge in [-0.3, -0.25) is 9.59 Å². The number of furan rings is 1. The molecule has 0 saturated heterocycles. The lowest BCUT2D eigenvalue weighted by Gasteiger charge is -2.22. The quantitative estimate of drug-likeness (QED) is 0.672. The van der Waals surface area contributed by atoms with Crippen LogP contribution in [0.15, 0.2) is 23.0 Å². The van der Waals surface area contributed by atoms with Crippen molar-refractivity contribution < 1.29 is 18.7 Å². The monoisotopic (exact) mass is 310 g/mol. The van der Waals surface area contributed by atoms with E-state index in [2.05, 4.69) is 5.32 Å². The molecule has 6 nitrogen and oxygen atoms in total. The normalized spacial score (nSPS) is 12.0. The third kappa shape index (κ3) is 6.30. The highest BCUT2D eigenvalue weighted by atomic mass is 16.5. The maximum absolute atomic E-state index is 12.4. The van der Waals surface area contributed by atoms with E-state index < -0.39 is 0 Å². The number of nitrogens with one attached hydrogen (secondary N) is 1. The molecule has 0 saturated carbocycles. The Morgan fingerprint density at radius 1 is 1.41 bits per heavy atom. The summed E-state index contributed by atoms with van der Waals surface area (Å²) in [6.07, 6.45) is 4.80. The van der Waals surface area contributed by atoms with Crippen molar-refractivity contribution in [2.75, 3.05) is 26.8 Å². The summed E-state index contributed by atoms with van der Waals surface area (Å²) in [4.78, 5) is 25.9. The van der Waals surface area contributed by atoms with Crippen molar-refractivity contribution in [2.45, 2.75) is 39.2 Å². The van der Waals surface area contributed by atoms with Crippen LogP contribution in [-0.2, 0) is 9.53 Å². The minimum Gasteiger partial charge on any atom is -0.472 e. The number of nitrogens with zero attached hydrogens (tertiary/aromatic N) is 1. The zero-order valence-electron chi connectivity index (χ0n) is 13.6. The van der Waals surface area contributed by atoms with Crippen LogP contribution in [0.3, 0.4) is 0 Å². The van der Waals surface area contributed by atoms with Gasteiger partial charge >= 0.3 is 0 Å². The predicted octanol–water partition coefficient (Wildman–Crippen LogP) is 2.06. The van der Waals surface area contributed by atoms with Crippen molar-refractivity contribution >= 4 is 11.8 Å². The second-order valence-electron chi connectivity index (χ2n) is 5.28. The van der Waals surface area contributed by atoms with Crippen molar-refractivity contribution in [1.29, 1.82) is 0 Å². The number of amides is 2. The number of ether oxygens (including phenoxy) is 1. The molecule has 1 atom stereocenters. The fourth-order valence-corrected chi connectivity index (χ4v) is 1.97. The van der Waals surface area contributed by atoms with E-state index in [0.717, 1.165) is 12.8 Å². The van der Waals surface area contributed by atoms with Gasteiger partial charge in [0, 0.05) is 39.3 Å². The molecule has 1 aromatic rings. The van der Waals surface area contributed by atoms with Crippen LogP contribution < -0.4 is 5.32 Å². The molecule has 0 radical (unpaired) electrons. The molecule has 1 N–H and O–H groups in total. The molecule has 0 aliphatic carbocycles. The number of methoxy groups -OCH3 is 1. The molecule has 0 aromatic carbocycles. The van der Waals surface area contributed by atoms with Gasteiger partial charge in [-0.05, 0) is 25.8 Å². The molecule has 0 spiro atoms. The molecule has 0 aliphatic rings. The first-order valence-electron chi connectivity index (χ1n) is 7.68. The van der Waals surface area contributed by atoms with Crippen LogP contribution >= 0.6 is 0 Å². The van der Waals surface area contributed by atoms with Crippen LogP contribution in [0, 0.1) is 0 Å². The van der Waals surface area contributed by atoms with Crippen molar-refractivity contribution in [1.82, 2.24) is 10.2 Å². The summed E-state index contributed by atoms with van der Waals surface area (Å²) in [6, 6.07) is 1.78. The van der Waals surface area contributed by atoms with Crippen molar-refractivity contribution in [3.05, 3.63) is 24.2 Å². The highest BCUT2D eigenvalue weighted by Gasteiger charge is 2.18. The fraction of sp³-hybridized carbons (Fsp3) is 0.625. The van der Waals surface area contributed by atoms with E-state index in [4.69, 9.17) is 9.15 Å². The van der Waals surface area contributed by atoms with Crippen LogP contribution in [0.25, 0.3) is 0 Å². The van der Waals surface area contributed by atoms with Crippen LogP contribution in [-0.4, -0.2) is 49.6 Å². The summed E-state index contributed by atoms with van der Waals surface area (Å²) in [6.45, 7) is 5.49. The Bertz CT molecular complexity index is 445. The van der Waals surface area contributed by atoms with E-state index in [1.54, 1.807) is 18.1 Å². The van der Waals surface area contributed by atoms with Gasteiger partial charge in [0.15, 0.2) is 0 Å². The lowest BCUT2D eigenvalue weighted by Crippen LogP contribution is -2.38. The fourth-order valence-electron chi connectivity index (χ4n) is 1.97. The Hall–Kier alpha value is -1.82. The van der Waals surface area contributed by atoms with Crippen molar-refractivity contribution in [3.8, 4) is 0 Å². The van der Waals surface area contributed by atoms with Gasteiger partial charge in [0.2, 0.25) is 5.91 Å². The summed E-state index contributed by atoms with van der Waals surface area (Å²) in [7, 11) is 1.63. The second-order valence-corrected chi connectivity index (χ2v) is 5.28. The van der Waals surface area contributed by atoms with Crippen LogP contribution in [0.4, 0.5) is 0 Å². The summed E-state index contributed by atoms with van der Waals surface area (Å²) in [5.74, 6) is -0.160. The summed E-state index contributed by atoms with van der Waals surface area (Å²) in [5, 5.41) is 2.91. The molecule has 1 aromatic heterocycles. The molecule has 1 rings (SSSR count). The molecule has 124 valence electrons. The first kappa shape index (κ1) is 18.2. The average molecular weight is 310 g/mol. The molecular weight excluding hydrogens is 284 g/mol. The lowest BCUT2D eigenvalue weighted by atomic mass is 10.2. The second kappa shape index (κ2) is 10.00. The summed E-state index contributed by atoms with van der Waals surface area (Å²) in [5.41, 5.74) is 0.500. The number of carbonyl (C=O) groups excluding carboxylic acids is 2. The van der Waals surface area contributed by atoms with Gasteiger partial charge in [-0.2, -0.15) is 0 Å². The smallest absolute Gasteiger partial charge is 0.257 e. The van der Waals surface area contributed by atoms with Gasteiger partial charge in [-0.1, -0.05) is 6.92 Å². The first-order valence-corrected chi connectivity index (χ1v) is 7.68. The predicted molar refractivity (Wildman–Crippen MR) is 83.6 cm³/mol. The molecule has 0 unspecified atom stereocenters. The molecule has 22 heavy (non-hydrogen) atoms. The van der Waals surface area contributed by atoms with Crippen molar-refractivity contribution in [2.24, 2.45) is 0 Å². The Morgan fingerprint density at radius 2 is 2.18 bits per heavy atom. The SMILES string of the molecule is CC[C@@H](C)NC(=O)CCN(CCCOC)C(=O)c1ccoc1. The maximum Gasteiger partial charge on any atom is 0.257 e. The summed E-state index contributed by atoms with van der Waals surface area (Å²) >= 11 is 0. The Kier molecular flexibility index (Phi) is 8.28. The Labute approximate surface area is 131 Å². The molecule has 0 aliphatic heterocycles. The number of carbonyl (C=O) groups is 2. The van der Waals surface area contributed by atoms with E-state index in [1.165, 1.54) is 12.5 Å². The number of hydrogen-bond acceptors (Lipinski definition) is 4. The third-order valence-electron chi connectivity index (χ3n) is 3.46. The van der Waals surface area contributed by atoms with Crippen LogP contribution in [0.5, 0.6) is 0 Å². The molecule has 0 fully saturated rings. The number of hydrogen-bond donors (Lipinski definition) is 1. The molecule has 2 amide bonds. The van der Waals surface area contributed by atoms with Gasteiger partial charge in [0.1, 0.15) is 6.26 Å². The Morgan fingerprint density at radius 3 is 2.77 bits per heavy atom. The highest BCUT2D eigenvalue weighted by Crippen LogP contribution is 2.07. The van der Waals surface area contributed by atoms with Crippen LogP contribution in [0.1, 0.15) is 43.5 Å². The summed E-state index contributed by atoms with van der Waals surface area (Å²) < 4.78 is 9.97. The Balaban J connectivity index is 2.54. The van der Waals surface area contributed by atoms with Crippen molar-refractivity contribution in [3.63, 3.8) is 0 Å². The van der Waals surface area contributed by atoms with Gasteiger partial charge in [-0.25, -0.2) is 0 Å². The highest BCUT2D eigenvalue weighted by molar-refractivity contribution is 5.94. The topological polar surface area (TPSA) is 71.8 Å². The molecular formula is C16H26N2O4. The molecule has 1 heterocycles. The molecule has 0 bridgehead atoms. The van der Waals surface area contributed by atoms with Gasteiger partial charge in [0.25, 0.3) is 5.91 Å². The average Bonchev–Trinajstić information content (AvgIpc) is 3.04. The van der Waals surface area contributed by atoms with Crippen LogP contribution in [0.2, 0.25) is 0 Å². The van der Waals surface area contributed by atoms with E-state index in [9.17, 15) is 9.59 Å². The van der Waals surface area contributed by atoms with E-state index in [0.29, 0.717) is 31.7 Å². The van der Waals surface area contributed by atoms with Gasteiger partial charge in [0.05, 0.1) is 11.8 Å². The van der Waals surface area contributed by atoms with Gasteiger partial charge < -0.3 is 19.4 Å². The number of rotatable bonds is 10. The largest absolute Gasteiger partial charge is 0.472 e. The first-order chi connectivity index (χ1) is 10.6. The zero-order chi connectivity index (χ0) is 16.4. The van der Waals surface area contributed by atoms with Gasteiger partial charge in [-0.15, -0.1) is 0 Å². The lowest BCUT2D eigenvalue weighted by molar-refractivity contribution is -0.121. The molecule has 6 heteroatoms. The maximum atomic E-state index is 12.4. The zero-order valence-corrected chi connectivity index (χ0v) is 13.6. The standard InChI is InChI=1S/C16H26N2O4/c1-4-13(2)17-15(19)6-9-18(8-5-10-21-3)16(20)14-7-11-22-12-14/h7,11-13H,4-6,8-10H2,1-3H3,(H,17,19)/t13-/m1/s1. The minimum absolute atomic E-state index is 0.0360. The minimum atomic E-state index is -0.124. The van der Waals surface area contributed by atoms with E-state index in [-0.39, 0.29) is 17.9 Å². The van der Waals surface area contributed by atoms with E-state index in [1.807, 2.05) is 13.8 Å². The van der Waals surface area contributed by atoms with E-state index >= 15 is 0 Å².